The topological polar surface area (TPSA) is 15.3 Å². The van der Waals surface area contributed by atoms with Gasteiger partial charge in [-0.2, -0.15) is 0 Å². The Kier molecular flexibility index (Phi) is 3.96. The van der Waals surface area contributed by atoms with E-state index >= 15 is 0 Å². The Balaban J connectivity index is 1.66. The zero-order valence-corrected chi connectivity index (χ0v) is 11.1. The molecule has 1 aliphatic heterocycles. The van der Waals surface area contributed by atoms with E-state index in [2.05, 4.69) is 40.5 Å². The van der Waals surface area contributed by atoms with Gasteiger partial charge in [-0.3, -0.25) is 4.90 Å². The van der Waals surface area contributed by atoms with Crippen molar-refractivity contribution < 1.29 is 0 Å². The molecule has 2 aliphatic rings. The van der Waals surface area contributed by atoms with Crippen molar-refractivity contribution in [3.05, 3.63) is 35.9 Å². The van der Waals surface area contributed by atoms with Crippen LogP contribution in [0.2, 0.25) is 0 Å². The highest BCUT2D eigenvalue weighted by molar-refractivity contribution is 5.19. The monoisotopic (exact) mass is 244 g/mol. The van der Waals surface area contributed by atoms with Crippen molar-refractivity contribution in [2.45, 2.75) is 44.2 Å². The molecule has 2 heteroatoms. The molecule has 1 N–H and O–H groups in total. The second kappa shape index (κ2) is 5.85. The summed E-state index contributed by atoms with van der Waals surface area (Å²) in [7, 11) is 0. The first-order chi connectivity index (χ1) is 8.93. The van der Waals surface area contributed by atoms with Crippen molar-refractivity contribution in [3.63, 3.8) is 0 Å². The molecule has 1 saturated carbocycles. The summed E-state index contributed by atoms with van der Waals surface area (Å²) in [6, 6.07) is 12.4. The first-order valence-corrected chi connectivity index (χ1v) is 7.46. The minimum absolute atomic E-state index is 0.578. The second-order valence-electron chi connectivity index (χ2n) is 5.71. The molecular formula is C16H24N2. The van der Waals surface area contributed by atoms with Crippen molar-refractivity contribution >= 4 is 0 Å². The summed E-state index contributed by atoms with van der Waals surface area (Å²) in [6.07, 6.45) is 6.90. The Bertz CT molecular complexity index is 353. The van der Waals surface area contributed by atoms with Gasteiger partial charge in [-0.25, -0.2) is 0 Å². The Hall–Kier alpha value is -0.860. The van der Waals surface area contributed by atoms with E-state index in [1.165, 1.54) is 50.8 Å². The summed E-state index contributed by atoms with van der Waals surface area (Å²) >= 11 is 0. The molecule has 0 spiro atoms. The van der Waals surface area contributed by atoms with Crippen molar-refractivity contribution in [1.29, 1.82) is 0 Å². The van der Waals surface area contributed by atoms with Gasteiger partial charge in [0.1, 0.15) is 0 Å². The van der Waals surface area contributed by atoms with E-state index in [4.69, 9.17) is 0 Å². The van der Waals surface area contributed by atoms with Crippen molar-refractivity contribution in [1.82, 2.24) is 10.2 Å². The molecule has 3 rings (SSSR count). The molecule has 1 aromatic carbocycles. The predicted molar refractivity (Wildman–Crippen MR) is 75.6 cm³/mol. The fourth-order valence-electron chi connectivity index (χ4n) is 3.08. The third kappa shape index (κ3) is 2.76. The molecule has 1 saturated heterocycles. The first-order valence-electron chi connectivity index (χ1n) is 7.46. The van der Waals surface area contributed by atoms with Crippen LogP contribution in [0.3, 0.4) is 0 Å². The van der Waals surface area contributed by atoms with Crippen LogP contribution in [0, 0.1) is 0 Å². The van der Waals surface area contributed by atoms with E-state index in [0.29, 0.717) is 6.04 Å². The Morgan fingerprint density at radius 3 is 2.39 bits per heavy atom. The van der Waals surface area contributed by atoms with Gasteiger partial charge >= 0.3 is 0 Å². The Labute approximate surface area is 110 Å². The van der Waals surface area contributed by atoms with E-state index in [1.807, 2.05) is 0 Å². The van der Waals surface area contributed by atoms with Gasteiger partial charge in [0.25, 0.3) is 0 Å². The van der Waals surface area contributed by atoms with Crippen LogP contribution in [0.1, 0.15) is 43.7 Å². The van der Waals surface area contributed by atoms with E-state index in [9.17, 15) is 0 Å². The molecule has 0 amide bonds. The lowest BCUT2D eigenvalue weighted by Gasteiger charge is -2.33. The maximum absolute atomic E-state index is 3.75. The summed E-state index contributed by atoms with van der Waals surface area (Å²) in [4.78, 5) is 2.65. The summed E-state index contributed by atoms with van der Waals surface area (Å²) in [6.45, 7) is 3.66. The van der Waals surface area contributed by atoms with Gasteiger partial charge in [0.05, 0.1) is 0 Å². The van der Waals surface area contributed by atoms with Crippen molar-refractivity contribution in [2.24, 2.45) is 0 Å². The normalized spacial score (nSPS) is 22.9. The average molecular weight is 244 g/mol. The molecule has 2 nitrogen and oxygen atoms in total. The van der Waals surface area contributed by atoms with E-state index in [0.717, 1.165) is 12.6 Å². The van der Waals surface area contributed by atoms with Gasteiger partial charge < -0.3 is 5.32 Å². The minimum Gasteiger partial charge on any atom is -0.312 e. The fourth-order valence-corrected chi connectivity index (χ4v) is 3.08. The molecular weight excluding hydrogens is 220 g/mol. The van der Waals surface area contributed by atoms with Crippen LogP contribution < -0.4 is 5.32 Å². The lowest BCUT2D eigenvalue weighted by Crippen LogP contribution is -2.41. The zero-order valence-electron chi connectivity index (χ0n) is 11.1. The third-order valence-corrected chi connectivity index (χ3v) is 4.47. The molecule has 1 unspecified atom stereocenters. The molecule has 2 fully saturated rings. The highest BCUT2D eigenvalue weighted by atomic mass is 15.2. The third-order valence-electron chi connectivity index (χ3n) is 4.47. The van der Waals surface area contributed by atoms with Crippen LogP contribution in [0.15, 0.2) is 30.3 Å². The zero-order chi connectivity index (χ0) is 12.2. The molecule has 1 atom stereocenters. The number of likely N-dealkylation sites (tertiary alicyclic amines) is 1. The minimum atomic E-state index is 0.578. The van der Waals surface area contributed by atoms with Gasteiger partial charge in [-0.15, -0.1) is 0 Å². The fraction of sp³-hybridized carbons (Fsp3) is 0.625. The predicted octanol–water partition coefficient (Wildman–Crippen LogP) is 2.97. The van der Waals surface area contributed by atoms with Crippen molar-refractivity contribution in [2.75, 3.05) is 19.6 Å². The molecule has 0 radical (unpaired) electrons. The highest BCUT2D eigenvalue weighted by Gasteiger charge is 2.25. The second-order valence-corrected chi connectivity index (χ2v) is 5.71. The number of rotatable bonds is 5. The average Bonchev–Trinajstić information content (AvgIpc) is 2.87. The lowest BCUT2D eigenvalue weighted by atomic mass is 9.92. The molecule has 1 heterocycles. The van der Waals surface area contributed by atoms with Crippen LogP contribution in [-0.4, -0.2) is 30.6 Å². The molecule has 18 heavy (non-hydrogen) atoms. The Morgan fingerprint density at radius 2 is 1.78 bits per heavy atom. The number of hydrogen-bond acceptors (Lipinski definition) is 2. The summed E-state index contributed by atoms with van der Waals surface area (Å²) in [5.41, 5.74) is 1.48. The van der Waals surface area contributed by atoms with E-state index in [-0.39, 0.29) is 0 Å². The van der Waals surface area contributed by atoms with Crippen LogP contribution in [0.4, 0.5) is 0 Å². The van der Waals surface area contributed by atoms with Gasteiger partial charge in [-0.05, 0) is 44.3 Å². The molecule has 98 valence electrons. The van der Waals surface area contributed by atoms with Gasteiger partial charge in [-0.1, -0.05) is 36.8 Å². The quantitative estimate of drug-likeness (QED) is 0.856. The molecule has 1 aromatic rings. The highest BCUT2D eigenvalue weighted by Crippen LogP contribution is 2.26. The summed E-state index contributed by atoms with van der Waals surface area (Å²) in [5.74, 6) is 0. The standard InChI is InChI=1S/C16H24N2/c1-2-7-14(8-3-1)16(18-11-4-5-12-18)13-17-15-9-6-10-15/h1-3,7-8,15-17H,4-6,9-13H2. The number of nitrogens with zero attached hydrogens (tertiary/aromatic N) is 1. The largest absolute Gasteiger partial charge is 0.312 e. The summed E-state index contributed by atoms with van der Waals surface area (Å²) < 4.78 is 0. The molecule has 0 aromatic heterocycles. The van der Waals surface area contributed by atoms with E-state index in [1.54, 1.807) is 0 Å². The SMILES string of the molecule is c1ccc(C(CNC2CCC2)N2CCCC2)cc1. The van der Waals surface area contributed by atoms with E-state index < -0.39 is 0 Å². The van der Waals surface area contributed by atoms with Crippen molar-refractivity contribution in [3.8, 4) is 0 Å². The molecule has 0 bridgehead atoms. The lowest BCUT2D eigenvalue weighted by molar-refractivity contribution is 0.218. The smallest absolute Gasteiger partial charge is 0.0472 e. The first kappa shape index (κ1) is 12.2. The number of nitrogens with one attached hydrogen (secondary N) is 1. The van der Waals surface area contributed by atoms with Gasteiger partial charge in [0.2, 0.25) is 0 Å². The van der Waals surface area contributed by atoms with Crippen LogP contribution in [0.25, 0.3) is 0 Å². The number of benzene rings is 1. The maximum atomic E-state index is 3.75. The van der Waals surface area contributed by atoms with Crippen LogP contribution >= 0.6 is 0 Å². The Morgan fingerprint density at radius 1 is 1.06 bits per heavy atom. The van der Waals surface area contributed by atoms with Crippen LogP contribution in [-0.2, 0) is 0 Å². The van der Waals surface area contributed by atoms with Gasteiger partial charge in [0, 0.05) is 18.6 Å². The maximum Gasteiger partial charge on any atom is 0.0472 e. The summed E-state index contributed by atoms with van der Waals surface area (Å²) in [5, 5.41) is 3.75. The van der Waals surface area contributed by atoms with Gasteiger partial charge in [0.15, 0.2) is 0 Å². The molecule has 1 aliphatic carbocycles. The number of hydrogen-bond donors (Lipinski definition) is 1. The van der Waals surface area contributed by atoms with Crippen LogP contribution in [0.5, 0.6) is 0 Å².